The zero-order valence-corrected chi connectivity index (χ0v) is 9.96. The van der Waals surface area contributed by atoms with Gasteiger partial charge in [-0.25, -0.2) is 0 Å². The van der Waals surface area contributed by atoms with Crippen molar-refractivity contribution >= 4 is 0 Å². The lowest BCUT2D eigenvalue weighted by Crippen LogP contribution is -2.35. The normalized spacial score (nSPS) is 26.3. The van der Waals surface area contributed by atoms with Crippen LogP contribution in [0.4, 0.5) is 0 Å². The van der Waals surface area contributed by atoms with Gasteiger partial charge >= 0.3 is 0 Å². The molecular weight excluding hydrogens is 186 g/mol. The summed E-state index contributed by atoms with van der Waals surface area (Å²) in [6.07, 6.45) is 6.06. The maximum absolute atomic E-state index is 6.04. The van der Waals surface area contributed by atoms with Gasteiger partial charge in [0, 0.05) is 19.1 Å². The van der Waals surface area contributed by atoms with Crippen LogP contribution in [0.3, 0.4) is 0 Å². The molecule has 0 heterocycles. The van der Waals surface area contributed by atoms with Gasteiger partial charge in [0.15, 0.2) is 0 Å². The molecule has 1 aliphatic carbocycles. The maximum Gasteiger partial charge on any atom is 0.0580 e. The molecule has 0 aromatic rings. The fourth-order valence-electron chi connectivity index (χ4n) is 2.17. The summed E-state index contributed by atoms with van der Waals surface area (Å²) in [5, 5.41) is 0. The second kappa shape index (κ2) is 6.87. The zero-order valence-electron chi connectivity index (χ0n) is 9.96. The van der Waals surface area contributed by atoms with E-state index < -0.39 is 0 Å². The first kappa shape index (κ1) is 12.5. The summed E-state index contributed by atoms with van der Waals surface area (Å²) >= 11 is 0. The highest BCUT2D eigenvalue weighted by molar-refractivity contribution is 4.95. The van der Waals surface area contributed by atoms with Crippen molar-refractivity contribution in [2.24, 2.45) is 11.7 Å². The van der Waals surface area contributed by atoms with Crippen LogP contribution in [0.1, 0.15) is 46.0 Å². The molecule has 1 saturated carbocycles. The molecule has 1 aliphatic rings. The smallest absolute Gasteiger partial charge is 0.0580 e. The van der Waals surface area contributed by atoms with Crippen molar-refractivity contribution in [1.82, 2.24) is 0 Å². The summed E-state index contributed by atoms with van der Waals surface area (Å²) in [6.45, 7) is 4.78. The van der Waals surface area contributed by atoms with Crippen LogP contribution in [0.5, 0.6) is 0 Å². The molecule has 86 valence electrons. The molecule has 1 rings (SSSR count). The molecule has 2 N–H and O–H groups in total. The molecule has 0 aromatic carbocycles. The summed E-state index contributed by atoms with van der Waals surface area (Å²) in [4.78, 5) is 0. The molecule has 0 spiro atoms. The van der Waals surface area contributed by atoms with Crippen molar-refractivity contribution in [3.8, 4) is 11.8 Å². The van der Waals surface area contributed by atoms with Crippen molar-refractivity contribution in [1.29, 1.82) is 0 Å². The largest absolute Gasteiger partial charge is 0.378 e. The lowest BCUT2D eigenvalue weighted by molar-refractivity contribution is -0.0282. The average Bonchev–Trinajstić information content (AvgIpc) is 2.15. The van der Waals surface area contributed by atoms with Crippen molar-refractivity contribution in [3.63, 3.8) is 0 Å². The van der Waals surface area contributed by atoms with Crippen LogP contribution in [0.15, 0.2) is 0 Å². The summed E-state index contributed by atoms with van der Waals surface area (Å²) < 4.78 is 5.52. The highest BCUT2D eigenvalue weighted by atomic mass is 16.5. The molecule has 0 aromatic heterocycles. The van der Waals surface area contributed by atoms with Gasteiger partial charge in [-0.15, -0.1) is 11.8 Å². The Bertz CT molecular complexity index is 222. The fraction of sp³-hybridized carbons (Fsp3) is 0.846. The molecule has 0 amide bonds. The molecule has 0 radical (unpaired) electrons. The van der Waals surface area contributed by atoms with E-state index in [1.807, 2.05) is 6.92 Å². The van der Waals surface area contributed by atoms with Gasteiger partial charge in [-0.2, -0.15) is 0 Å². The van der Waals surface area contributed by atoms with E-state index in [-0.39, 0.29) is 0 Å². The molecule has 1 atom stereocenters. The number of ether oxygens (including phenoxy) is 1. The molecule has 0 aliphatic heterocycles. The topological polar surface area (TPSA) is 35.2 Å². The van der Waals surface area contributed by atoms with E-state index in [4.69, 9.17) is 10.5 Å². The molecule has 0 bridgehead atoms. The van der Waals surface area contributed by atoms with Gasteiger partial charge in [-0.1, -0.05) is 0 Å². The first-order chi connectivity index (χ1) is 7.26. The lowest BCUT2D eigenvalue weighted by atomic mass is 9.78. The maximum atomic E-state index is 6.04. The Kier molecular flexibility index (Phi) is 5.75. The SMILES string of the molecule is CC#CCCC(N)CC1CC(OCC)C1. The average molecular weight is 209 g/mol. The van der Waals surface area contributed by atoms with E-state index in [2.05, 4.69) is 18.8 Å². The summed E-state index contributed by atoms with van der Waals surface area (Å²) in [7, 11) is 0. The van der Waals surface area contributed by atoms with Crippen molar-refractivity contribution in [2.75, 3.05) is 6.61 Å². The predicted octanol–water partition coefficient (Wildman–Crippen LogP) is 2.32. The van der Waals surface area contributed by atoms with Gasteiger partial charge in [-0.05, 0) is 45.4 Å². The van der Waals surface area contributed by atoms with Crippen LogP contribution in [-0.2, 0) is 4.74 Å². The predicted molar refractivity (Wildman–Crippen MR) is 63.4 cm³/mol. The molecule has 2 heteroatoms. The van der Waals surface area contributed by atoms with E-state index in [0.717, 1.165) is 31.8 Å². The lowest BCUT2D eigenvalue weighted by Gasteiger charge is -2.36. The Morgan fingerprint density at radius 3 is 2.80 bits per heavy atom. The van der Waals surface area contributed by atoms with Crippen LogP contribution in [0, 0.1) is 17.8 Å². The van der Waals surface area contributed by atoms with Crippen molar-refractivity contribution in [2.45, 2.75) is 58.1 Å². The standard InChI is InChI=1S/C13H23NO/c1-3-5-6-7-12(14)8-11-9-13(10-11)15-4-2/h11-13H,4,6-10,14H2,1-2H3. The van der Waals surface area contributed by atoms with Crippen LogP contribution in [-0.4, -0.2) is 18.8 Å². The van der Waals surface area contributed by atoms with Gasteiger partial charge in [0.1, 0.15) is 0 Å². The minimum absolute atomic E-state index is 0.332. The van der Waals surface area contributed by atoms with Crippen LogP contribution in [0.25, 0.3) is 0 Å². The minimum Gasteiger partial charge on any atom is -0.378 e. The van der Waals surface area contributed by atoms with E-state index in [9.17, 15) is 0 Å². The van der Waals surface area contributed by atoms with Gasteiger partial charge in [0.2, 0.25) is 0 Å². The summed E-state index contributed by atoms with van der Waals surface area (Å²) in [5.74, 6) is 6.76. The number of rotatable bonds is 6. The van der Waals surface area contributed by atoms with Crippen LogP contribution >= 0.6 is 0 Å². The molecule has 15 heavy (non-hydrogen) atoms. The zero-order chi connectivity index (χ0) is 11.1. The van der Waals surface area contributed by atoms with Crippen LogP contribution in [0.2, 0.25) is 0 Å². The van der Waals surface area contributed by atoms with Gasteiger partial charge in [-0.3, -0.25) is 0 Å². The van der Waals surface area contributed by atoms with Crippen molar-refractivity contribution < 1.29 is 4.74 Å². The van der Waals surface area contributed by atoms with E-state index in [1.165, 1.54) is 12.8 Å². The Morgan fingerprint density at radius 2 is 2.20 bits per heavy atom. The minimum atomic E-state index is 0.332. The first-order valence-electron chi connectivity index (χ1n) is 6.03. The number of hydrogen-bond acceptors (Lipinski definition) is 2. The third-order valence-corrected chi connectivity index (χ3v) is 3.05. The molecule has 1 fully saturated rings. The molecule has 0 saturated heterocycles. The second-order valence-corrected chi connectivity index (χ2v) is 4.38. The third kappa shape index (κ3) is 4.68. The second-order valence-electron chi connectivity index (χ2n) is 4.38. The fourth-order valence-corrected chi connectivity index (χ4v) is 2.17. The Labute approximate surface area is 93.6 Å². The Hall–Kier alpha value is -0.520. The van der Waals surface area contributed by atoms with E-state index in [1.54, 1.807) is 0 Å². The van der Waals surface area contributed by atoms with Crippen LogP contribution < -0.4 is 5.73 Å². The first-order valence-corrected chi connectivity index (χ1v) is 6.03. The monoisotopic (exact) mass is 209 g/mol. The third-order valence-electron chi connectivity index (χ3n) is 3.05. The molecule has 2 nitrogen and oxygen atoms in total. The van der Waals surface area contributed by atoms with Gasteiger partial charge in [0.25, 0.3) is 0 Å². The highest BCUT2D eigenvalue weighted by Crippen LogP contribution is 2.33. The Morgan fingerprint density at radius 1 is 1.47 bits per heavy atom. The van der Waals surface area contributed by atoms with E-state index in [0.29, 0.717) is 12.1 Å². The van der Waals surface area contributed by atoms with E-state index >= 15 is 0 Å². The Balaban J connectivity index is 2.02. The van der Waals surface area contributed by atoms with Gasteiger partial charge in [0.05, 0.1) is 6.10 Å². The summed E-state index contributed by atoms with van der Waals surface area (Å²) in [6, 6.07) is 0.332. The molecule has 1 unspecified atom stereocenters. The van der Waals surface area contributed by atoms with Gasteiger partial charge < -0.3 is 10.5 Å². The highest BCUT2D eigenvalue weighted by Gasteiger charge is 2.30. The number of hydrogen-bond donors (Lipinski definition) is 1. The summed E-state index contributed by atoms with van der Waals surface area (Å²) in [5.41, 5.74) is 6.04. The van der Waals surface area contributed by atoms with Crippen molar-refractivity contribution in [3.05, 3.63) is 0 Å². The molecular formula is C13H23NO. The number of nitrogens with two attached hydrogens (primary N) is 1. The quantitative estimate of drug-likeness (QED) is 0.681.